The molecule has 2 fully saturated rings. The number of hydrogen-bond donors (Lipinski definition) is 0. The van der Waals surface area contributed by atoms with E-state index < -0.39 is 10.0 Å². The summed E-state index contributed by atoms with van der Waals surface area (Å²) < 4.78 is 32.2. The predicted molar refractivity (Wildman–Crippen MR) is 119 cm³/mol. The van der Waals surface area contributed by atoms with Crippen LogP contribution < -0.4 is 0 Å². The van der Waals surface area contributed by atoms with Gasteiger partial charge >= 0.3 is 0 Å². The molecule has 0 unspecified atom stereocenters. The number of benzene rings is 2. The van der Waals surface area contributed by atoms with Crippen LogP contribution >= 0.6 is 0 Å². The maximum absolute atomic E-state index is 12.9. The van der Waals surface area contributed by atoms with Crippen molar-refractivity contribution >= 4 is 15.9 Å². The van der Waals surface area contributed by atoms with Crippen LogP contribution in [0.2, 0.25) is 0 Å². The molecule has 0 aliphatic carbocycles. The molecule has 0 spiro atoms. The van der Waals surface area contributed by atoms with Gasteiger partial charge in [0.2, 0.25) is 15.9 Å². The van der Waals surface area contributed by atoms with E-state index in [4.69, 9.17) is 4.74 Å². The van der Waals surface area contributed by atoms with Crippen LogP contribution in [0.1, 0.15) is 36.8 Å². The van der Waals surface area contributed by atoms with Gasteiger partial charge in [-0.05, 0) is 43.0 Å². The van der Waals surface area contributed by atoms with Gasteiger partial charge in [0.15, 0.2) is 0 Å². The summed E-state index contributed by atoms with van der Waals surface area (Å²) in [7, 11) is -3.48. The molecule has 2 aliphatic heterocycles. The van der Waals surface area contributed by atoms with Gasteiger partial charge in [-0.25, -0.2) is 8.42 Å². The number of ether oxygens (including phenoxy) is 1. The average Bonchev–Trinajstić information content (AvgIpc) is 3.20. The van der Waals surface area contributed by atoms with Crippen LogP contribution in [0.15, 0.2) is 59.5 Å². The summed E-state index contributed by atoms with van der Waals surface area (Å²) in [5.74, 6) is 0.547. The fourth-order valence-electron chi connectivity index (χ4n) is 4.60. The first kappa shape index (κ1) is 22.0. The van der Waals surface area contributed by atoms with E-state index in [2.05, 4.69) is 31.2 Å². The molecule has 0 radical (unpaired) electrons. The SMILES string of the molecule is C[C@H]1[C@H](c2ccccc2)CCN1C(=O)CCc1ccc(S(=O)(=O)N2CCOCC2)cc1. The van der Waals surface area contributed by atoms with E-state index in [9.17, 15) is 13.2 Å². The Morgan fingerprint density at radius 1 is 1.00 bits per heavy atom. The van der Waals surface area contributed by atoms with Crippen LogP contribution in [0.3, 0.4) is 0 Å². The van der Waals surface area contributed by atoms with Crippen molar-refractivity contribution in [1.29, 1.82) is 0 Å². The van der Waals surface area contributed by atoms with Crippen molar-refractivity contribution in [3.8, 4) is 0 Å². The number of amides is 1. The molecule has 2 heterocycles. The van der Waals surface area contributed by atoms with Crippen molar-refractivity contribution in [3.05, 3.63) is 65.7 Å². The summed E-state index contributed by atoms with van der Waals surface area (Å²) in [6.45, 7) is 4.55. The molecule has 0 saturated carbocycles. The third kappa shape index (κ3) is 4.84. The first-order valence-corrected chi connectivity index (χ1v) is 12.4. The number of morpholine rings is 1. The number of hydrogen-bond acceptors (Lipinski definition) is 4. The Hall–Kier alpha value is -2.22. The number of carbonyl (C=O) groups is 1. The lowest BCUT2D eigenvalue weighted by molar-refractivity contribution is -0.131. The minimum absolute atomic E-state index is 0.163. The zero-order valence-corrected chi connectivity index (χ0v) is 18.8. The van der Waals surface area contributed by atoms with E-state index in [0.717, 1.165) is 18.5 Å². The second-order valence-electron chi connectivity index (χ2n) is 8.29. The lowest BCUT2D eigenvalue weighted by Crippen LogP contribution is -2.40. The van der Waals surface area contributed by atoms with Crippen LogP contribution in [0.25, 0.3) is 0 Å². The number of nitrogens with zero attached hydrogens (tertiary/aromatic N) is 2. The summed E-state index contributed by atoms with van der Waals surface area (Å²) in [5, 5.41) is 0. The van der Waals surface area contributed by atoms with Gasteiger partial charge in [0.1, 0.15) is 0 Å². The van der Waals surface area contributed by atoms with Crippen LogP contribution in [-0.4, -0.2) is 62.4 Å². The smallest absolute Gasteiger partial charge is 0.243 e. The largest absolute Gasteiger partial charge is 0.379 e. The van der Waals surface area contributed by atoms with Gasteiger partial charge in [0.25, 0.3) is 0 Å². The van der Waals surface area contributed by atoms with Gasteiger partial charge in [-0.3, -0.25) is 4.79 Å². The van der Waals surface area contributed by atoms with E-state index >= 15 is 0 Å². The third-order valence-corrected chi connectivity index (χ3v) is 8.37. The van der Waals surface area contributed by atoms with Crippen molar-refractivity contribution in [2.24, 2.45) is 0 Å². The standard InChI is InChI=1S/C24H30N2O4S/c1-19-23(21-5-3-2-4-6-21)13-14-26(19)24(27)12-9-20-7-10-22(11-8-20)31(28,29)25-15-17-30-18-16-25/h2-8,10-11,19,23H,9,12-18H2,1H3/t19-,23+/m0/s1. The number of rotatable bonds is 6. The molecule has 0 N–H and O–H groups in total. The molecule has 166 valence electrons. The Morgan fingerprint density at radius 3 is 2.35 bits per heavy atom. The van der Waals surface area contributed by atoms with E-state index in [-0.39, 0.29) is 11.9 Å². The third-order valence-electron chi connectivity index (χ3n) is 6.46. The lowest BCUT2D eigenvalue weighted by Gasteiger charge is -2.26. The second-order valence-corrected chi connectivity index (χ2v) is 10.2. The lowest BCUT2D eigenvalue weighted by atomic mass is 9.93. The molecule has 0 bridgehead atoms. The number of sulfonamides is 1. The van der Waals surface area contributed by atoms with Crippen molar-refractivity contribution in [3.63, 3.8) is 0 Å². The van der Waals surface area contributed by atoms with Gasteiger partial charge < -0.3 is 9.64 Å². The average molecular weight is 443 g/mol. The first-order valence-electron chi connectivity index (χ1n) is 11.0. The van der Waals surface area contributed by atoms with Crippen LogP contribution in [0, 0.1) is 0 Å². The summed E-state index contributed by atoms with van der Waals surface area (Å²) in [5.41, 5.74) is 2.27. The van der Waals surface area contributed by atoms with E-state index in [1.54, 1.807) is 12.1 Å². The maximum Gasteiger partial charge on any atom is 0.243 e. The Kier molecular flexibility index (Phi) is 6.74. The van der Waals surface area contributed by atoms with Crippen LogP contribution in [0.5, 0.6) is 0 Å². The van der Waals surface area contributed by atoms with Crippen LogP contribution in [-0.2, 0) is 26.0 Å². The molecule has 4 rings (SSSR count). The van der Waals surface area contributed by atoms with Gasteiger partial charge in [-0.15, -0.1) is 0 Å². The monoisotopic (exact) mass is 442 g/mol. The quantitative estimate of drug-likeness (QED) is 0.690. The van der Waals surface area contributed by atoms with Crippen molar-refractivity contribution in [2.75, 3.05) is 32.8 Å². The fraction of sp³-hybridized carbons (Fsp3) is 0.458. The summed E-state index contributed by atoms with van der Waals surface area (Å²) in [4.78, 5) is 15.1. The number of carbonyl (C=O) groups excluding carboxylic acids is 1. The molecule has 2 saturated heterocycles. The molecule has 2 aromatic carbocycles. The maximum atomic E-state index is 12.9. The predicted octanol–water partition coefficient (Wildman–Crippen LogP) is 3.04. The van der Waals surface area contributed by atoms with E-state index in [1.807, 2.05) is 23.1 Å². The molecule has 31 heavy (non-hydrogen) atoms. The summed E-state index contributed by atoms with van der Waals surface area (Å²) >= 11 is 0. The molecule has 0 aromatic heterocycles. The Labute approximate surface area is 184 Å². The van der Waals surface area contributed by atoms with Gasteiger partial charge in [-0.2, -0.15) is 4.31 Å². The highest BCUT2D eigenvalue weighted by Gasteiger charge is 2.34. The number of aryl methyl sites for hydroxylation is 1. The molecule has 7 heteroatoms. The Morgan fingerprint density at radius 2 is 1.68 bits per heavy atom. The molecule has 6 nitrogen and oxygen atoms in total. The highest BCUT2D eigenvalue weighted by Crippen LogP contribution is 2.33. The molecule has 2 aliphatic rings. The topological polar surface area (TPSA) is 66.9 Å². The normalized spacial score (nSPS) is 22.5. The van der Waals surface area contributed by atoms with Gasteiger partial charge in [0, 0.05) is 38.0 Å². The number of likely N-dealkylation sites (tertiary alicyclic amines) is 1. The molecule has 1 amide bonds. The molecular weight excluding hydrogens is 412 g/mol. The summed E-state index contributed by atoms with van der Waals surface area (Å²) in [6, 6.07) is 17.5. The molecule has 2 atom stereocenters. The fourth-order valence-corrected chi connectivity index (χ4v) is 6.00. The Bertz CT molecular complexity index is 986. The minimum Gasteiger partial charge on any atom is -0.379 e. The Balaban J connectivity index is 1.33. The van der Waals surface area contributed by atoms with Crippen LogP contribution in [0.4, 0.5) is 0 Å². The highest BCUT2D eigenvalue weighted by molar-refractivity contribution is 7.89. The zero-order valence-electron chi connectivity index (χ0n) is 17.9. The van der Waals surface area contributed by atoms with Crippen molar-refractivity contribution < 1.29 is 17.9 Å². The first-order chi connectivity index (χ1) is 15.0. The van der Waals surface area contributed by atoms with Crippen molar-refractivity contribution in [1.82, 2.24) is 9.21 Å². The van der Waals surface area contributed by atoms with Crippen molar-refractivity contribution in [2.45, 2.75) is 43.0 Å². The van der Waals surface area contributed by atoms with E-state index in [1.165, 1.54) is 9.87 Å². The zero-order chi connectivity index (χ0) is 21.8. The van der Waals surface area contributed by atoms with Gasteiger partial charge in [-0.1, -0.05) is 42.5 Å². The summed E-state index contributed by atoms with van der Waals surface area (Å²) in [6.07, 6.45) is 2.03. The molecular formula is C24H30N2O4S. The van der Waals surface area contributed by atoms with E-state index in [0.29, 0.717) is 50.0 Å². The van der Waals surface area contributed by atoms with Gasteiger partial charge in [0.05, 0.1) is 18.1 Å². The second kappa shape index (κ2) is 9.51. The minimum atomic E-state index is -3.48. The molecule has 2 aromatic rings. The highest BCUT2D eigenvalue weighted by atomic mass is 32.2.